The molecular weight excluding hydrogens is 348 g/mol. The topological polar surface area (TPSA) is 38.0 Å². The Bertz CT molecular complexity index is 617. The molecule has 0 saturated heterocycles. The van der Waals surface area contributed by atoms with Gasteiger partial charge in [0.25, 0.3) is 0 Å². The van der Waals surface area contributed by atoms with E-state index in [2.05, 4.69) is 57.8 Å². The van der Waals surface area contributed by atoms with Crippen LogP contribution in [0.25, 0.3) is 0 Å². The number of hydrogen-bond donors (Lipinski definition) is 2. The van der Waals surface area contributed by atoms with Gasteiger partial charge in [0, 0.05) is 15.5 Å². The zero-order valence-corrected chi connectivity index (χ0v) is 13.9. The van der Waals surface area contributed by atoms with Crippen molar-refractivity contribution in [2.24, 2.45) is 11.8 Å². The van der Waals surface area contributed by atoms with Gasteiger partial charge in [-0.2, -0.15) is 0 Å². The van der Waals surface area contributed by atoms with E-state index >= 15 is 0 Å². The molecule has 3 unspecified atom stereocenters. The van der Waals surface area contributed by atoms with Crippen LogP contribution in [-0.2, 0) is 6.42 Å². The molecule has 2 aromatic rings. The van der Waals surface area contributed by atoms with Crippen LogP contribution < -0.4 is 11.3 Å². The van der Waals surface area contributed by atoms with Crippen molar-refractivity contribution in [3.8, 4) is 0 Å². The highest BCUT2D eigenvalue weighted by atomic mass is 79.9. The van der Waals surface area contributed by atoms with Crippen molar-refractivity contribution in [1.29, 1.82) is 0 Å². The highest BCUT2D eigenvalue weighted by Crippen LogP contribution is 2.50. The second kappa shape index (κ2) is 6.49. The Morgan fingerprint density at radius 3 is 2.67 bits per heavy atom. The van der Waals surface area contributed by atoms with E-state index in [0.717, 1.165) is 21.5 Å². The highest BCUT2D eigenvalue weighted by molar-refractivity contribution is 9.10. The average Bonchev–Trinajstić information content (AvgIpc) is 3.28. The molecule has 0 heterocycles. The number of hydrogen-bond acceptors (Lipinski definition) is 2. The maximum absolute atomic E-state index is 6.31. The minimum Gasteiger partial charge on any atom is -0.271 e. The molecule has 0 amide bonds. The maximum atomic E-state index is 6.31. The lowest BCUT2D eigenvalue weighted by Crippen LogP contribution is -2.39. The smallest absolute Gasteiger partial charge is 0.0449 e. The van der Waals surface area contributed by atoms with Crippen LogP contribution in [0.2, 0.25) is 5.02 Å². The molecule has 2 nitrogen and oxygen atoms in total. The van der Waals surface area contributed by atoms with Gasteiger partial charge in [-0.15, -0.1) is 0 Å². The van der Waals surface area contributed by atoms with Crippen LogP contribution >= 0.6 is 27.5 Å². The summed E-state index contributed by atoms with van der Waals surface area (Å²) in [7, 11) is 0. The lowest BCUT2D eigenvalue weighted by Gasteiger charge is -2.17. The molecule has 3 atom stereocenters. The number of nitrogens with one attached hydrogen (secondary N) is 1. The second-order valence-corrected chi connectivity index (χ2v) is 6.95. The second-order valence-electron chi connectivity index (χ2n) is 5.63. The molecule has 2 aromatic carbocycles. The lowest BCUT2D eigenvalue weighted by molar-refractivity contribution is 0.464. The van der Waals surface area contributed by atoms with Crippen LogP contribution in [0.1, 0.15) is 23.5 Å². The van der Waals surface area contributed by atoms with Crippen LogP contribution in [0.5, 0.6) is 0 Å². The van der Waals surface area contributed by atoms with Gasteiger partial charge in [0.15, 0.2) is 0 Å². The number of rotatable bonds is 5. The van der Waals surface area contributed by atoms with Gasteiger partial charge in [-0.25, -0.2) is 0 Å². The van der Waals surface area contributed by atoms with Gasteiger partial charge >= 0.3 is 0 Å². The SMILES string of the molecule is NNC(Cc1ccc(Br)cc1Cl)C1CC1c1ccccc1. The lowest BCUT2D eigenvalue weighted by atomic mass is 9.99. The van der Waals surface area contributed by atoms with Crippen molar-refractivity contribution in [2.45, 2.75) is 24.8 Å². The van der Waals surface area contributed by atoms with Crippen LogP contribution in [0, 0.1) is 5.92 Å². The van der Waals surface area contributed by atoms with E-state index in [4.69, 9.17) is 17.4 Å². The summed E-state index contributed by atoms with van der Waals surface area (Å²) in [5, 5.41) is 0.793. The third kappa shape index (κ3) is 3.49. The Hall–Kier alpha value is -0.870. The molecule has 0 spiro atoms. The summed E-state index contributed by atoms with van der Waals surface area (Å²) in [6.07, 6.45) is 2.05. The van der Waals surface area contributed by atoms with Gasteiger partial charge in [0.1, 0.15) is 0 Å². The molecule has 0 aliphatic heterocycles. The molecule has 0 aromatic heterocycles. The quantitative estimate of drug-likeness (QED) is 0.613. The van der Waals surface area contributed by atoms with Crippen molar-refractivity contribution >= 4 is 27.5 Å². The van der Waals surface area contributed by atoms with Crippen LogP contribution in [0.4, 0.5) is 0 Å². The summed E-state index contributed by atoms with van der Waals surface area (Å²) in [6, 6.07) is 16.9. The van der Waals surface area contributed by atoms with Crippen molar-refractivity contribution in [2.75, 3.05) is 0 Å². The molecule has 4 heteroatoms. The minimum absolute atomic E-state index is 0.258. The summed E-state index contributed by atoms with van der Waals surface area (Å²) >= 11 is 9.75. The first kappa shape index (κ1) is 15.0. The first-order valence-corrected chi connectivity index (χ1v) is 8.31. The van der Waals surface area contributed by atoms with Gasteiger partial charge in [-0.1, -0.05) is 63.9 Å². The number of benzene rings is 2. The van der Waals surface area contributed by atoms with E-state index in [1.807, 2.05) is 12.1 Å². The fraction of sp³-hybridized carbons (Fsp3) is 0.294. The Morgan fingerprint density at radius 2 is 2.00 bits per heavy atom. The van der Waals surface area contributed by atoms with Gasteiger partial charge in [0.05, 0.1) is 0 Å². The number of nitrogens with two attached hydrogens (primary N) is 1. The first-order chi connectivity index (χ1) is 10.2. The molecule has 21 heavy (non-hydrogen) atoms. The van der Waals surface area contributed by atoms with E-state index in [1.165, 1.54) is 12.0 Å². The monoisotopic (exact) mass is 364 g/mol. The minimum atomic E-state index is 0.258. The molecule has 3 rings (SSSR count). The standard InChI is InChI=1S/C17H18BrClN2/c18-13-7-6-12(16(19)9-13)8-17(21-20)15-10-14(15)11-4-2-1-3-5-11/h1-7,9,14-15,17,21H,8,10,20H2. The van der Waals surface area contributed by atoms with Crippen molar-refractivity contribution in [3.05, 3.63) is 69.2 Å². The maximum Gasteiger partial charge on any atom is 0.0449 e. The first-order valence-electron chi connectivity index (χ1n) is 7.14. The van der Waals surface area contributed by atoms with E-state index in [0.29, 0.717) is 11.8 Å². The van der Waals surface area contributed by atoms with Gasteiger partial charge < -0.3 is 0 Å². The van der Waals surface area contributed by atoms with Gasteiger partial charge in [-0.05, 0) is 47.9 Å². The molecular formula is C17H18BrClN2. The summed E-state index contributed by atoms with van der Waals surface area (Å²) in [5.41, 5.74) is 5.53. The van der Waals surface area contributed by atoms with E-state index in [9.17, 15) is 0 Å². The Morgan fingerprint density at radius 1 is 1.24 bits per heavy atom. The van der Waals surface area contributed by atoms with Crippen LogP contribution in [-0.4, -0.2) is 6.04 Å². The predicted molar refractivity (Wildman–Crippen MR) is 91.3 cm³/mol. The molecule has 1 aliphatic rings. The van der Waals surface area contributed by atoms with Gasteiger partial charge in [0.2, 0.25) is 0 Å². The van der Waals surface area contributed by atoms with E-state index in [1.54, 1.807) is 0 Å². The van der Waals surface area contributed by atoms with Crippen molar-refractivity contribution in [3.63, 3.8) is 0 Å². The molecule has 3 N–H and O–H groups in total. The fourth-order valence-corrected chi connectivity index (χ4v) is 3.75. The van der Waals surface area contributed by atoms with E-state index < -0.39 is 0 Å². The normalized spacial score (nSPS) is 22.0. The molecule has 0 bridgehead atoms. The molecule has 1 aliphatic carbocycles. The molecule has 1 saturated carbocycles. The average molecular weight is 366 g/mol. The summed E-state index contributed by atoms with van der Waals surface area (Å²) in [4.78, 5) is 0. The number of halogens is 2. The number of hydrazine groups is 1. The summed E-state index contributed by atoms with van der Waals surface area (Å²) in [6.45, 7) is 0. The third-order valence-corrected chi connectivity index (χ3v) is 5.10. The van der Waals surface area contributed by atoms with E-state index in [-0.39, 0.29) is 6.04 Å². The summed E-state index contributed by atoms with van der Waals surface area (Å²) < 4.78 is 1.00. The van der Waals surface area contributed by atoms with Crippen molar-refractivity contribution < 1.29 is 0 Å². The predicted octanol–water partition coefficient (Wildman–Crippen LogP) is 4.28. The van der Waals surface area contributed by atoms with Gasteiger partial charge in [-0.3, -0.25) is 11.3 Å². The summed E-state index contributed by atoms with van der Waals surface area (Å²) in [5.74, 6) is 6.97. The third-order valence-electron chi connectivity index (χ3n) is 4.25. The molecule has 1 fully saturated rings. The van der Waals surface area contributed by atoms with Crippen LogP contribution in [0.3, 0.4) is 0 Å². The van der Waals surface area contributed by atoms with Crippen molar-refractivity contribution in [1.82, 2.24) is 5.43 Å². The Labute approximate surface area is 138 Å². The Balaban J connectivity index is 1.70. The largest absolute Gasteiger partial charge is 0.271 e. The Kier molecular flexibility index (Phi) is 4.65. The van der Waals surface area contributed by atoms with Crippen LogP contribution in [0.15, 0.2) is 53.0 Å². The molecule has 110 valence electrons. The zero-order chi connectivity index (χ0) is 14.8. The zero-order valence-electron chi connectivity index (χ0n) is 11.6. The fourth-order valence-electron chi connectivity index (χ4n) is 3.00. The molecule has 0 radical (unpaired) electrons. The highest BCUT2D eigenvalue weighted by Gasteiger charge is 2.43.